The van der Waals surface area contributed by atoms with Crippen LogP contribution in [0.2, 0.25) is 0 Å². The Hall–Kier alpha value is -2.95. The molecule has 5 heteroatoms. The lowest BCUT2D eigenvalue weighted by Crippen LogP contribution is -2.08. The molecular weight excluding hydrogens is 278 g/mol. The summed E-state index contributed by atoms with van der Waals surface area (Å²) in [6.45, 7) is 0. The molecule has 0 bridgehead atoms. The van der Waals surface area contributed by atoms with Gasteiger partial charge in [0.05, 0.1) is 5.69 Å². The summed E-state index contributed by atoms with van der Waals surface area (Å²) in [6, 6.07) is 12.7. The average molecular weight is 295 g/mol. The molecule has 112 valence electrons. The van der Waals surface area contributed by atoms with Crippen LogP contribution in [0, 0.1) is 0 Å². The summed E-state index contributed by atoms with van der Waals surface area (Å²) in [5, 5.41) is 24.0. The summed E-state index contributed by atoms with van der Waals surface area (Å²) in [4.78, 5) is 6.09. The topological polar surface area (TPSA) is 68.6 Å². The van der Waals surface area contributed by atoms with E-state index in [1.807, 2.05) is 43.3 Å². The molecule has 0 fully saturated rings. The molecule has 0 aliphatic carbocycles. The normalized spacial score (nSPS) is 10.6. The molecule has 0 aliphatic heterocycles. The van der Waals surface area contributed by atoms with Gasteiger partial charge in [0.25, 0.3) is 0 Å². The number of nitrogens with one attached hydrogen (secondary N) is 1. The molecule has 1 aromatic heterocycles. The van der Waals surface area contributed by atoms with Gasteiger partial charge in [-0.3, -0.25) is 4.98 Å². The summed E-state index contributed by atoms with van der Waals surface area (Å²) in [6.07, 6.45) is 1.58. The van der Waals surface area contributed by atoms with Crippen molar-refractivity contribution in [3.63, 3.8) is 0 Å². The third kappa shape index (κ3) is 2.48. The van der Waals surface area contributed by atoms with Crippen molar-refractivity contribution < 1.29 is 10.2 Å². The minimum Gasteiger partial charge on any atom is -0.506 e. The van der Waals surface area contributed by atoms with Crippen LogP contribution in [-0.4, -0.2) is 29.3 Å². The lowest BCUT2D eigenvalue weighted by molar-refractivity contribution is 0.470. The number of anilines is 3. The molecule has 1 heterocycles. The van der Waals surface area contributed by atoms with E-state index in [1.54, 1.807) is 18.3 Å². The van der Waals surface area contributed by atoms with Gasteiger partial charge < -0.3 is 20.4 Å². The fourth-order valence-electron chi connectivity index (χ4n) is 2.31. The van der Waals surface area contributed by atoms with Crippen LogP contribution in [0.5, 0.6) is 11.5 Å². The van der Waals surface area contributed by atoms with E-state index < -0.39 is 0 Å². The molecule has 0 amide bonds. The predicted molar refractivity (Wildman–Crippen MR) is 89.1 cm³/mol. The lowest BCUT2D eigenvalue weighted by atomic mass is 10.1. The van der Waals surface area contributed by atoms with Gasteiger partial charge in [-0.15, -0.1) is 0 Å². The zero-order valence-electron chi connectivity index (χ0n) is 12.4. The molecule has 2 aromatic carbocycles. The largest absolute Gasteiger partial charge is 0.506 e. The maximum Gasteiger partial charge on any atom is 0.148 e. The fourth-order valence-corrected chi connectivity index (χ4v) is 2.31. The van der Waals surface area contributed by atoms with Crippen LogP contribution >= 0.6 is 0 Å². The van der Waals surface area contributed by atoms with E-state index in [0.717, 1.165) is 11.4 Å². The number of pyridine rings is 1. The van der Waals surface area contributed by atoms with Gasteiger partial charge in [0.15, 0.2) is 0 Å². The molecule has 0 saturated heterocycles. The quantitative estimate of drug-likeness (QED) is 0.510. The second-order valence-corrected chi connectivity index (χ2v) is 5.26. The maximum atomic E-state index is 10.4. The SMILES string of the molecule is CN(C)c1ccc(Nc2cc(O)c3ncccc3c2O)cc1. The highest BCUT2D eigenvalue weighted by molar-refractivity contribution is 5.95. The number of nitrogens with zero attached hydrogens (tertiary/aromatic N) is 2. The van der Waals surface area contributed by atoms with Gasteiger partial charge in [-0.25, -0.2) is 0 Å². The molecule has 0 atom stereocenters. The Balaban J connectivity index is 1.98. The first-order valence-corrected chi connectivity index (χ1v) is 6.90. The second-order valence-electron chi connectivity index (χ2n) is 5.26. The number of benzene rings is 2. The Morgan fingerprint density at radius 3 is 2.45 bits per heavy atom. The Morgan fingerprint density at radius 1 is 1.05 bits per heavy atom. The maximum absolute atomic E-state index is 10.4. The van der Waals surface area contributed by atoms with Gasteiger partial charge in [-0.2, -0.15) is 0 Å². The minimum absolute atomic E-state index is 0.0285. The Bertz CT molecular complexity index is 814. The Morgan fingerprint density at radius 2 is 1.77 bits per heavy atom. The third-order valence-electron chi connectivity index (χ3n) is 3.50. The number of rotatable bonds is 3. The van der Waals surface area contributed by atoms with Crippen molar-refractivity contribution in [1.82, 2.24) is 4.98 Å². The lowest BCUT2D eigenvalue weighted by Gasteiger charge is -2.14. The number of hydrogen-bond acceptors (Lipinski definition) is 5. The second kappa shape index (κ2) is 5.44. The van der Waals surface area contributed by atoms with Crippen LogP contribution in [0.3, 0.4) is 0 Å². The molecule has 0 radical (unpaired) electrons. The van der Waals surface area contributed by atoms with Gasteiger partial charge in [0.1, 0.15) is 17.0 Å². The summed E-state index contributed by atoms with van der Waals surface area (Å²) in [5.74, 6) is 0.0957. The molecule has 0 unspecified atom stereocenters. The zero-order chi connectivity index (χ0) is 15.7. The van der Waals surface area contributed by atoms with Crippen molar-refractivity contribution in [3.8, 4) is 11.5 Å². The van der Waals surface area contributed by atoms with Crippen molar-refractivity contribution in [2.45, 2.75) is 0 Å². The molecule has 0 spiro atoms. The molecule has 3 aromatic rings. The predicted octanol–water partition coefficient (Wildman–Crippen LogP) is 3.46. The molecule has 3 N–H and O–H groups in total. The van der Waals surface area contributed by atoms with E-state index in [-0.39, 0.29) is 11.5 Å². The van der Waals surface area contributed by atoms with Crippen molar-refractivity contribution in [3.05, 3.63) is 48.7 Å². The monoisotopic (exact) mass is 295 g/mol. The fraction of sp³-hybridized carbons (Fsp3) is 0.118. The third-order valence-corrected chi connectivity index (χ3v) is 3.50. The van der Waals surface area contributed by atoms with Gasteiger partial charge >= 0.3 is 0 Å². The number of aromatic nitrogens is 1. The average Bonchev–Trinajstić information content (AvgIpc) is 2.53. The van der Waals surface area contributed by atoms with Crippen LogP contribution in [-0.2, 0) is 0 Å². The smallest absolute Gasteiger partial charge is 0.148 e. The van der Waals surface area contributed by atoms with Gasteiger partial charge in [-0.05, 0) is 36.4 Å². The molecule has 22 heavy (non-hydrogen) atoms. The first-order chi connectivity index (χ1) is 10.6. The Labute approximate surface area is 128 Å². The van der Waals surface area contributed by atoms with Crippen LogP contribution in [0.15, 0.2) is 48.7 Å². The van der Waals surface area contributed by atoms with E-state index in [2.05, 4.69) is 10.3 Å². The van der Waals surface area contributed by atoms with Gasteiger partial charge in [0.2, 0.25) is 0 Å². The molecular formula is C17H17N3O2. The summed E-state index contributed by atoms with van der Waals surface area (Å²) < 4.78 is 0. The molecule has 3 rings (SSSR count). The van der Waals surface area contributed by atoms with Crippen LogP contribution < -0.4 is 10.2 Å². The van der Waals surface area contributed by atoms with Crippen LogP contribution in [0.4, 0.5) is 17.1 Å². The Kier molecular flexibility index (Phi) is 3.47. The number of phenols is 2. The van der Waals surface area contributed by atoms with E-state index in [9.17, 15) is 10.2 Å². The zero-order valence-corrected chi connectivity index (χ0v) is 12.4. The summed E-state index contributed by atoms with van der Waals surface area (Å²) in [5.41, 5.74) is 2.73. The van der Waals surface area contributed by atoms with E-state index >= 15 is 0 Å². The van der Waals surface area contributed by atoms with Gasteiger partial charge in [0, 0.05) is 43.1 Å². The number of fused-ring (bicyclic) bond motifs is 1. The standard InChI is InChI=1S/C17H17N3O2/c1-20(2)12-7-5-11(6-8-12)19-14-10-15(21)16-13(17(14)22)4-3-9-18-16/h3-10,19,21-22H,1-2H3. The molecule has 5 nitrogen and oxygen atoms in total. The first-order valence-electron chi connectivity index (χ1n) is 6.90. The van der Waals surface area contributed by atoms with Crippen molar-refractivity contribution >= 4 is 28.0 Å². The first kappa shape index (κ1) is 14.0. The van der Waals surface area contributed by atoms with E-state index in [0.29, 0.717) is 16.6 Å². The number of aromatic hydroxyl groups is 2. The number of phenolic OH excluding ortho intramolecular Hbond substituents is 2. The molecule has 0 aliphatic rings. The van der Waals surface area contributed by atoms with E-state index in [1.165, 1.54) is 6.07 Å². The number of hydrogen-bond donors (Lipinski definition) is 3. The van der Waals surface area contributed by atoms with Gasteiger partial charge in [-0.1, -0.05) is 0 Å². The van der Waals surface area contributed by atoms with Crippen LogP contribution in [0.25, 0.3) is 10.9 Å². The highest BCUT2D eigenvalue weighted by atomic mass is 16.3. The molecule has 0 saturated carbocycles. The summed E-state index contributed by atoms with van der Waals surface area (Å²) in [7, 11) is 3.95. The van der Waals surface area contributed by atoms with E-state index in [4.69, 9.17) is 0 Å². The summed E-state index contributed by atoms with van der Waals surface area (Å²) >= 11 is 0. The highest BCUT2D eigenvalue weighted by Gasteiger charge is 2.11. The van der Waals surface area contributed by atoms with Crippen molar-refractivity contribution in [2.75, 3.05) is 24.3 Å². The van der Waals surface area contributed by atoms with Crippen molar-refractivity contribution in [2.24, 2.45) is 0 Å². The van der Waals surface area contributed by atoms with Crippen LogP contribution in [0.1, 0.15) is 0 Å². The van der Waals surface area contributed by atoms with Crippen molar-refractivity contribution in [1.29, 1.82) is 0 Å². The minimum atomic E-state index is 0.0285. The highest BCUT2D eigenvalue weighted by Crippen LogP contribution is 2.38.